The Bertz CT molecular complexity index is 377. The van der Waals surface area contributed by atoms with Gasteiger partial charge >= 0.3 is 0 Å². The highest BCUT2D eigenvalue weighted by atomic mass is 35.5. The fourth-order valence-electron chi connectivity index (χ4n) is 1.37. The van der Waals surface area contributed by atoms with E-state index in [1.165, 1.54) is 6.92 Å². The predicted octanol–water partition coefficient (Wildman–Crippen LogP) is 2.96. The van der Waals surface area contributed by atoms with Gasteiger partial charge in [-0.2, -0.15) is 0 Å². The molecule has 0 N–H and O–H groups in total. The summed E-state index contributed by atoms with van der Waals surface area (Å²) in [4.78, 5) is 11.4. The summed E-state index contributed by atoms with van der Waals surface area (Å²) in [6.07, 6.45) is -0.107. The van der Waals surface area contributed by atoms with Crippen LogP contribution in [-0.2, 0) is 4.74 Å². The maximum Gasteiger partial charge on any atom is 0.163 e. The average Bonchev–Trinajstić information content (AvgIpc) is 2.20. The quantitative estimate of drug-likeness (QED) is 0.745. The van der Waals surface area contributed by atoms with Crippen LogP contribution in [0.5, 0.6) is 5.75 Å². The van der Waals surface area contributed by atoms with Crippen molar-refractivity contribution in [3.63, 3.8) is 0 Å². The summed E-state index contributed by atoms with van der Waals surface area (Å²) < 4.78 is 10.6. The monoisotopic (exact) mass is 242 g/mol. The van der Waals surface area contributed by atoms with E-state index in [4.69, 9.17) is 21.1 Å². The number of benzene rings is 1. The van der Waals surface area contributed by atoms with Crippen LogP contribution in [0.15, 0.2) is 18.2 Å². The molecule has 0 radical (unpaired) electrons. The third kappa shape index (κ3) is 3.51. The summed E-state index contributed by atoms with van der Waals surface area (Å²) in [6, 6.07) is 5.01. The smallest absolute Gasteiger partial charge is 0.163 e. The van der Waals surface area contributed by atoms with E-state index in [0.29, 0.717) is 22.9 Å². The standard InChI is InChI=1S/C12H15ClO3/c1-8(7-15-3)16-12-5-4-10(13)6-11(12)9(2)14/h4-6,8H,7H2,1-3H3. The minimum Gasteiger partial charge on any atom is -0.488 e. The zero-order valence-corrected chi connectivity index (χ0v) is 10.4. The van der Waals surface area contributed by atoms with E-state index in [1.807, 2.05) is 6.92 Å². The molecular weight excluding hydrogens is 228 g/mol. The lowest BCUT2D eigenvalue weighted by Crippen LogP contribution is -2.19. The summed E-state index contributed by atoms with van der Waals surface area (Å²) in [5.74, 6) is 0.476. The molecule has 16 heavy (non-hydrogen) atoms. The molecule has 0 spiro atoms. The second-order valence-corrected chi connectivity index (χ2v) is 4.02. The first-order valence-electron chi connectivity index (χ1n) is 5.00. The van der Waals surface area contributed by atoms with E-state index in [2.05, 4.69) is 0 Å². The van der Waals surface area contributed by atoms with Gasteiger partial charge in [0.1, 0.15) is 11.9 Å². The van der Waals surface area contributed by atoms with E-state index < -0.39 is 0 Å². The van der Waals surface area contributed by atoms with Crippen LogP contribution in [0.2, 0.25) is 5.02 Å². The van der Waals surface area contributed by atoms with Gasteiger partial charge in [0, 0.05) is 12.1 Å². The summed E-state index contributed by atoms with van der Waals surface area (Å²) in [5.41, 5.74) is 0.496. The highest BCUT2D eigenvalue weighted by Gasteiger charge is 2.12. The Morgan fingerprint density at radius 2 is 2.19 bits per heavy atom. The van der Waals surface area contributed by atoms with Crippen molar-refractivity contribution in [1.82, 2.24) is 0 Å². The van der Waals surface area contributed by atoms with Crippen molar-refractivity contribution in [2.75, 3.05) is 13.7 Å². The molecule has 0 saturated heterocycles. The zero-order chi connectivity index (χ0) is 12.1. The normalized spacial score (nSPS) is 12.2. The number of halogens is 1. The molecule has 0 aromatic heterocycles. The first-order valence-corrected chi connectivity index (χ1v) is 5.38. The Balaban J connectivity index is 2.90. The van der Waals surface area contributed by atoms with E-state index in [0.717, 1.165) is 0 Å². The number of rotatable bonds is 5. The van der Waals surface area contributed by atoms with Gasteiger partial charge in [-0.05, 0) is 32.0 Å². The number of carbonyl (C=O) groups is 1. The Kier molecular flexibility index (Phi) is 4.77. The van der Waals surface area contributed by atoms with Gasteiger partial charge in [0.05, 0.1) is 12.2 Å². The molecule has 1 rings (SSSR count). The minimum absolute atomic E-state index is 0.0675. The van der Waals surface area contributed by atoms with Crippen LogP contribution >= 0.6 is 11.6 Å². The van der Waals surface area contributed by atoms with Crippen LogP contribution in [0, 0.1) is 0 Å². The Morgan fingerprint density at radius 3 is 2.75 bits per heavy atom. The zero-order valence-electron chi connectivity index (χ0n) is 9.62. The molecule has 0 aliphatic rings. The lowest BCUT2D eigenvalue weighted by Gasteiger charge is -2.15. The number of ketones is 1. The number of hydrogen-bond acceptors (Lipinski definition) is 3. The SMILES string of the molecule is COCC(C)Oc1ccc(Cl)cc1C(C)=O. The molecule has 4 heteroatoms. The van der Waals surface area contributed by atoms with Crippen LogP contribution in [0.25, 0.3) is 0 Å². The fourth-order valence-corrected chi connectivity index (χ4v) is 1.54. The molecule has 1 unspecified atom stereocenters. The van der Waals surface area contributed by atoms with E-state index in [1.54, 1.807) is 25.3 Å². The van der Waals surface area contributed by atoms with Crippen molar-refractivity contribution in [2.45, 2.75) is 20.0 Å². The molecule has 0 aliphatic carbocycles. The topological polar surface area (TPSA) is 35.5 Å². The number of carbonyl (C=O) groups excluding carboxylic acids is 1. The van der Waals surface area contributed by atoms with E-state index in [-0.39, 0.29) is 11.9 Å². The number of hydrogen-bond donors (Lipinski definition) is 0. The molecule has 0 heterocycles. The molecule has 0 saturated carbocycles. The van der Waals surface area contributed by atoms with Gasteiger partial charge in [-0.25, -0.2) is 0 Å². The van der Waals surface area contributed by atoms with Crippen LogP contribution in [0.1, 0.15) is 24.2 Å². The molecule has 88 valence electrons. The highest BCUT2D eigenvalue weighted by molar-refractivity contribution is 6.31. The Labute approximate surface area is 100 Å². The van der Waals surface area contributed by atoms with E-state index in [9.17, 15) is 4.79 Å². The van der Waals surface area contributed by atoms with Crippen molar-refractivity contribution in [3.8, 4) is 5.75 Å². The molecule has 0 fully saturated rings. The molecule has 3 nitrogen and oxygen atoms in total. The lowest BCUT2D eigenvalue weighted by molar-refractivity contribution is 0.0889. The van der Waals surface area contributed by atoms with Gasteiger partial charge < -0.3 is 9.47 Å². The first kappa shape index (κ1) is 13.0. The molecule has 0 aliphatic heterocycles. The van der Waals surface area contributed by atoms with Gasteiger partial charge in [-0.1, -0.05) is 11.6 Å². The van der Waals surface area contributed by atoms with Crippen molar-refractivity contribution in [1.29, 1.82) is 0 Å². The Morgan fingerprint density at radius 1 is 1.50 bits per heavy atom. The van der Waals surface area contributed by atoms with Crippen LogP contribution in [0.4, 0.5) is 0 Å². The molecule has 1 aromatic carbocycles. The summed E-state index contributed by atoms with van der Waals surface area (Å²) in [5, 5.41) is 0.525. The minimum atomic E-state index is -0.107. The molecule has 1 atom stereocenters. The molecule has 1 aromatic rings. The molecule has 0 bridgehead atoms. The lowest BCUT2D eigenvalue weighted by atomic mass is 10.1. The molecular formula is C12H15ClO3. The fraction of sp³-hybridized carbons (Fsp3) is 0.417. The number of Topliss-reactive ketones (excluding diaryl/α,β-unsaturated/α-hetero) is 1. The summed E-state index contributed by atoms with van der Waals surface area (Å²) >= 11 is 5.83. The van der Waals surface area contributed by atoms with Gasteiger partial charge in [-0.3, -0.25) is 4.79 Å². The maximum absolute atomic E-state index is 11.4. The van der Waals surface area contributed by atoms with E-state index >= 15 is 0 Å². The van der Waals surface area contributed by atoms with Crippen molar-refractivity contribution < 1.29 is 14.3 Å². The average molecular weight is 243 g/mol. The third-order valence-corrected chi connectivity index (χ3v) is 2.29. The number of methoxy groups -OCH3 is 1. The largest absolute Gasteiger partial charge is 0.488 e. The second-order valence-electron chi connectivity index (χ2n) is 3.58. The highest BCUT2D eigenvalue weighted by Crippen LogP contribution is 2.24. The summed E-state index contributed by atoms with van der Waals surface area (Å²) in [7, 11) is 1.60. The van der Waals surface area contributed by atoms with Gasteiger partial charge in [0.2, 0.25) is 0 Å². The molecule has 0 amide bonds. The predicted molar refractivity (Wildman–Crippen MR) is 63.4 cm³/mol. The van der Waals surface area contributed by atoms with Crippen molar-refractivity contribution in [3.05, 3.63) is 28.8 Å². The summed E-state index contributed by atoms with van der Waals surface area (Å²) in [6.45, 7) is 3.83. The van der Waals surface area contributed by atoms with Crippen LogP contribution in [-0.4, -0.2) is 25.6 Å². The first-order chi connectivity index (χ1) is 7.54. The van der Waals surface area contributed by atoms with Gasteiger partial charge in [0.15, 0.2) is 5.78 Å². The van der Waals surface area contributed by atoms with Gasteiger partial charge in [0.25, 0.3) is 0 Å². The number of ether oxygens (including phenoxy) is 2. The van der Waals surface area contributed by atoms with Crippen LogP contribution in [0.3, 0.4) is 0 Å². The van der Waals surface area contributed by atoms with Crippen molar-refractivity contribution in [2.24, 2.45) is 0 Å². The second kappa shape index (κ2) is 5.87. The van der Waals surface area contributed by atoms with Crippen LogP contribution < -0.4 is 4.74 Å². The van der Waals surface area contributed by atoms with Gasteiger partial charge in [-0.15, -0.1) is 0 Å². The van der Waals surface area contributed by atoms with Crippen molar-refractivity contribution >= 4 is 17.4 Å². The maximum atomic E-state index is 11.4. The third-order valence-electron chi connectivity index (χ3n) is 2.05. The Hall–Kier alpha value is -1.06.